The standard InChI is InChI=1S/C16H15NO3/c1-9-4-3-5-10(2)14(9)15(18)11-6-7-12-13(8-11)20-16(19)17-12/h3-8,15,18H,1-2H3,(H,17,19). The van der Waals surface area contributed by atoms with Crippen LogP contribution in [-0.2, 0) is 0 Å². The first-order valence-electron chi connectivity index (χ1n) is 6.43. The molecule has 1 atom stereocenters. The van der Waals surface area contributed by atoms with Gasteiger partial charge in [-0.2, -0.15) is 0 Å². The SMILES string of the molecule is Cc1cccc(C)c1C(O)c1ccc2[nH]c(=O)oc2c1. The predicted molar refractivity (Wildman–Crippen MR) is 76.8 cm³/mol. The zero-order valence-corrected chi connectivity index (χ0v) is 11.3. The van der Waals surface area contributed by atoms with Crippen molar-refractivity contribution in [1.82, 2.24) is 4.98 Å². The van der Waals surface area contributed by atoms with Crippen LogP contribution in [0.15, 0.2) is 45.6 Å². The minimum atomic E-state index is -0.735. The molecule has 0 aliphatic rings. The molecule has 0 fully saturated rings. The molecule has 1 heterocycles. The number of nitrogens with one attached hydrogen (secondary N) is 1. The molecular formula is C16H15NO3. The Morgan fingerprint density at radius 1 is 1.15 bits per heavy atom. The van der Waals surface area contributed by atoms with E-state index in [1.165, 1.54) is 0 Å². The van der Waals surface area contributed by atoms with Crippen molar-refractivity contribution in [3.05, 3.63) is 69.2 Å². The third-order valence-electron chi connectivity index (χ3n) is 3.58. The molecule has 0 aliphatic carbocycles. The molecule has 0 spiro atoms. The van der Waals surface area contributed by atoms with E-state index in [1.54, 1.807) is 18.2 Å². The van der Waals surface area contributed by atoms with Gasteiger partial charge >= 0.3 is 5.76 Å². The van der Waals surface area contributed by atoms with Crippen LogP contribution in [0.3, 0.4) is 0 Å². The van der Waals surface area contributed by atoms with Crippen LogP contribution in [0.25, 0.3) is 11.1 Å². The first-order valence-corrected chi connectivity index (χ1v) is 6.43. The number of benzene rings is 2. The number of hydrogen-bond acceptors (Lipinski definition) is 3. The highest BCUT2D eigenvalue weighted by molar-refractivity contribution is 5.73. The van der Waals surface area contributed by atoms with Crippen molar-refractivity contribution in [2.24, 2.45) is 0 Å². The summed E-state index contributed by atoms with van der Waals surface area (Å²) in [5.41, 5.74) is 4.76. The lowest BCUT2D eigenvalue weighted by molar-refractivity contribution is 0.219. The van der Waals surface area contributed by atoms with Crippen LogP contribution >= 0.6 is 0 Å². The zero-order chi connectivity index (χ0) is 14.3. The summed E-state index contributed by atoms with van der Waals surface area (Å²) in [7, 11) is 0. The fourth-order valence-corrected chi connectivity index (χ4v) is 2.56. The van der Waals surface area contributed by atoms with Gasteiger partial charge in [0.25, 0.3) is 0 Å². The maximum absolute atomic E-state index is 11.2. The van der Waals surface area contributed by atoms with E-state index < -0.39 is 11.9 Å². The van der Waals surface area contributed by atoms with Gasteiger partial charge < -0.3 is 9.52 Å². The molecule has 3 aromatic rings. The second kappa shape index (κ2) is 4.65. The van der Waals surface area contributed by atoms with Crippen molar-refractivity contribution < 1.29 is 9.52 Å². The Kier molecular flexibility index (Phi) is 2.95. The van der Waals surface area contributed by atoms with Crippen molar-refractivity contribution in [2.75, 3.05) is 0 Å². The van der Waals surface area contributed by atoms with Crippen LogP contribution in [0.5, 0.6) is 0 Å². The molecule has 3 rings (SSSR count). The Bertz CT molecular complexity index is 809. The van der Waals surface area contributed by atoms with Crippen LogP contribution in [-0.4, -0.2) is 10.1 Å². The maximum atomic E-state index is 11.2. The largest absolute Gasteiger partial charge is 0.417 e. The Labute approximate surface area is 115 Å². The molecule has 0 amide bonds. The van der Waals surface area contributed by atoms with E-state index in [0.29, 0.717) is 16.7 Å². The number of hydrogen-bond donors (Lipinski definition) is 2. The average molecular weight is 269 g/mol. The number of aliphatic hydroxyl groups excluding tert-OH is 1. The second-order valence-corrected chi connectivity index (χ2v) is 4.98. The normalized spacial score (nSPS) is 12.8. The van der Waals surface area contributed by atoms with Crippen LogP contribution in [0.1, 0.15) is 28.4 Å². The minimum Gasteiger partial charge on any atom is -0.408 e. The van der Waals surface area contributed by atoms with E-state index in [1.807, 2.05) is 32.0 Å². The van der Waals surface area contributed by atoms with E-state index >= 15 is 0 Å². The first-order chi connectivity index (χ1) is 9.56. The molecule has 4 nitrogen and oxygen atoms in total. The average Bonchev–Trinajstić information content (AvgIpc) is 2.77. The maximum Gasteiger partial charge on any atom is 0.417 e. The van der Waals surface area contributed by atoms with Crippen LogP contribution in [0, 0.1) is 13.8 Å². The first kappa shape index (κ1) is 12.7. The summed E-state index contributed by atoms with van der Waals surface area (Å²) in [5, 5.41) is 10.6. The summed E-state index contributed by atoms with van der Waals surface area (Å²) in [5.74, 6) is -0.487. The molecule has 2 aromatic carbocycles. The molecule has 1 aromatic heterocycles. The van der Waals surface area contributed by atoms with Gasteiger partial charge in [0, 0.05) is 0 Å². The molecular weight excluding hydrogens is 254 g/mol. The van der Waals surface area contributed by atoms with Crippen molar-refractivity contribution in [3.63, 3.8) is 0 Å². The number of fused-ring (bicyclic) bond motifs is 1. The smallest absolute Gasteiger partial charge is 0.408 e. The molecule has 20 heavy (non-hydrogen) atoms. The fourth-order valence-electron chi connectivity index (χ4n) is 2.56. The van der Waals surface area contributed by atoms with Crippen molar-refractivity contribution in [2.45, 2.75) is 20.0 Å². The third-order valence-corrected chi connectivity index (χ3v) is 3.58. The van der Waals surface area contributed by atoms with Gasteiger partial charge in [0.1, 0.15) is 6.10 Å². The van der Waals surface area contributed by atoms with Gasteiger partial charge in [-0.3, -0.25) is 4.98 Å². The molecule has 4 heteroatoms. The Morgan fingerprint density at radius 3 is 2.55 bits per heavy atom. The summed E-state index contributed by atoms with van der Waals surface area (Å²) in [6.45, 7) is 3.95. The molecule has 0 saturated heterocycles. The highest BCUT2D eigenvalue weighted by atomic mass is 16.4. The number of aryl methyl sites for hydroxylation is 2. The zero-order valence-electron chi connectivity index (χ0n) is 11.3. The lowest BCUT2D eigenvalue weighted by Gasteiger charge is -2.16. The number of aromatic amines is 1. The summed E-state index contributed by atoms with van der Waals surface area (Å²) in [4.78, 5) is 13.7. The number of rotatable bonds is 2. The summed E-state index contributed by atoms with van der Waals surface area (Å²) >= 11 is 0. The lowest BCUT2D eigenvalue weighted by atomic mass is 9.93. The number of aliphatic hydroxyl groups is 1. The molecule has 102 valence electrons. The van der Waals surface area contributed by atoms with Crippen molar-refractivity contribution in [3.8, 4) is 0 Å². The van der Waals surface area contributed by atoms with E-state index in [-0.39, 0.29) is 0 Å². The molecule has 0 radical (unpaired) electrons. The van der Waals surface area contributed by atoms with Crippen molar-refractivity contribution in [1.29, 1.82) is 0 Å². The van der Waals surface area contributed by atoms with Gasteiger partial charge in [0.15, 0.2) is 5.58 Å². The fraction of sp³-hybridized carbons (Fsp3) is 0.188. The predicted octanol–water partition coefficient (Wildman–Crippen LogP) is 2.82. The molecule has 2 N–H and O–H groups in total. The topological polar surface area (TPSA) is 66.2 Å². The molecule has 0 aliphatic heterocycles. The molecule has 1 unspecified atom stereocenters. The van der Waals surface area contributed by atoms with Gasteiger partial charge in [0.05, 0.1) is 5.52 Å². The lowest BCUT2D eigenvalue weighted by Crippen LogP contribution is -2.04. The number of H-pyrrole nitrogens is 1. The van der Waals surface area contributed by atoms with E-state index in [4.69, 9.17) is 4.42 Å². The highest BCUT2D eigenvalue weighted by Crippen LogP contribution is 2.29. The van der Waals surface area contributed by atoms with Gasteiger partial charge in [-0.25, -0.2) is 4.79 Å². The van der Waals surface area contributed by atoms with Crippen LogP contribution in [0.2, 0.25) is 0 Å². The van der Waals surface area contributed by atoms with E-state index in [9.17, 15) is 9.90 Å². The van der Waals surface area contributed by atoms with Crippen LogP contribution in [0.4, 0.5) is 0 Å². The molecule has 0 bridgehead atoms. The van der Waals surface area contributed by atoms with Crippen molar-refractivity contribution >= 4 is 11.1 Å². The number of oxazole rings is 1. The third kappa shape index (κ3) is 2.04. The summed E-state index contributed by atoms with van der Waals surface area (Å²) < 4.78 is 5.03. The minimum absolute atomic E-state index is 0.456. The monoisotopic (exact) mass is 269 g/mol. The molecule has 0 saturated carbocycles. The van der Waals surface area contributed by atoms with E-state index in [2.05, 4.69) is 4.98 Å². The Balaban J connectivity index is 2.12. The van der Waals surface area contributed by atoms with Gasteiger partial charge in [-0.15, -0.1) is 0 Å². The second-order valence-electron chi connectivity index (χ2n) is 4.98. The van der Waals surface area contributed by atoms with Gasteiger partial charge in [0.2, 0.25) is 0 Å². The summed E-state index contributed by atoms with van der Waals surface area (Å²) in [6.07, 6.45) is -0.735. The van der Waals surface area contributed by atoms with Crippen LogP contribution < -0.4 is 5.76 Å². The number of aromatic nitrogens is 1. The quantitative estimate of drug-likeness (QED) is 0.751. The van der Waals surface area contributed by atoms with Gasteiger partial charge in [-0.05, 0) is 48.2 Å². The summed E-state index contributed by atoms with van der Waals surface area (Å²) in [6, 6.07) is 11.1. The van der Waals surface area contributed by atoms with Gasteiger partial charge in [-0.1, -0.05) is 24.3 Å². The Morgan fingerprint density at radius 2 is 1.85 bits per heavy atom. The van der Waals surface area contributed by atoms with E-state index in [0.717, 1.165) is 16.7 Å². The highest BCUT2D eigenvalue weighted by Gasteiger charge is 2.16. The Hall–Kier alpha value is -2.33.